The van der Waals surface area contributed by atoms with Crippen molar-refractivity contribution in [2.75, 3.05) is 0 Å². The molecular formula is C17H16FNO. The first-order valence-electron chi connectivity index (χ1n) is 6.55. The summed E-state index contributed by atoms with van der Waals surface area (Å²) in [5, 5.41) is 9.14. The van der Waals surface area contributed by atoms with Gasteiger partial charge in [-0.3, -0.25) is 0 Å². The van der Waals surface area contributed by atoms with Crippen molar-refractivity contribution in [1.29, 1.82) is 5.26 Å². The molecule has 1 atom stereocenters. The molecule has 0 bridgehead atoms. The van der Waals surface area contributed by atoms with Gasteiger partial charge in [-0.05, 0) is 48.7 Å². The molecule has 0 aliphatic heterocycles. The largest absolute Gasteiger partial charge is 0.476 e. The molecule has 2 aromatic carbocycles. The molecule has 0 aliphatic carbocycles. The third kappa shape index (κ3) is 4.10. The minimum atomic E-state index is -0.498. The SMILES string of the molecule is Cc1cccc(OC(C#N)CCc2ccc(F)cc2)c1. The van der Waals surface area contributed by atoms with Crippen molar-refractivity contribution in [3.8, 4) is 11.8 Å². The first-order valence-corrected chi connectivity index (χ1v) is 6.55. The summed E-state index contributed by atoms with van der Waals surface area (Å²) in [6, 6.07) is 16.1. The predicted molar refractivity (Wildman–Crippen MR) is 75.9 cm³/mol. The molecule has 20 heavy (non-hydrogen) atoms. The molecule has 0 saturated carbocycles. The molecule has 0 aromatic heterocycles. The lowest BCUT2D eigenvalue weighted by Gasteiger charge is -2.12. The van der Waals surface area contributed by atoms with Crippen molar-refractivity contribution in [3.63, 3.8) is 0 Å². The van der Waals surface area contributed by atoms with E-state index in [0.717, 1.165) is 11.1 Å². The Hall–Kier alpha value is -2.34. The fourth-order valence-corrected chi connectivity index (χ4v) is 1.95. The number of aryl methyl sites for hydroxylation is 2. The van der Waals surface area contributed by atoms with Crippen molar-refractivity contribution in [2.24, 2.45) is 0 Å². The van der Waals surface area contributed by atoms with Gasteiger partial charge in [-0.1, -0.05) is 24.3 Å². The van der Waals surface area contributed by atoms with Crippen LogP contribution in [0, 0.1) is 24.1 Å². The van der Waals surface area contributed by atoms with Crippen molar-refractivity contribution in [2.45, 2.75) is 25.9 Å². The quantitative estimate of drug-likeness (QED) is 0.820. The second kappa shape index (κ2) is 6.72. The molecule has 0 amide bonds. The molecule has 0 N–H and O–H groups in total. The van der Waals surface area contributed by atoms with Gasteiger partial charge in [-0.15, -0.1) is 0 Å². The van der Waals surface area contributed by atoms with E-state index in [1.807, 2.05) is 31.2 Å². The molecule has 0 spiro atoms. The molecular weight excluding hydrogens is 253 g/mol. The summed E-state index contributed by atoms with van der Waals surface area (Å²) >= 11 is 0. The Morgan fingerprint density at radius 3 is 2.60 bits per heavy atom. The Morgan fingerprint density at radius 1 is 1.20 bits per heavy atom. The monoisotopic (exact) mass is 269 g/mol. The van der Waals surface area contributed by atoms with Crippen LogP contribution in [0.25, 0.3) is 0 Å². The van der Waals surface area contributed by atoms with Crippen LogP contribution in [-0.2, 0) is 6.42 Å². The Balaban J connectivity index is 1.93. The van der Waals surface area contributed by atoms with E-state index in [-0.39, 0.29) is 5.82 Å². The van der Waals surface area contributed by atoms with Crippen LogP contribution in [0.2, 0.25) is 0 Å². The van der Waals surface area contributed by atoms with Crippen molar-refractivity contribution >= 4 is 0 Å². The smallest absolute Gasteiger partial charge is 0.184 e. The van der Waals surface area contributed by atoms with Gasteiger partial charge in [0, 0.05) is 6.42 Å². The zero-order chi connectivity index (χ0) is 14.4. The number of benzene rings is 2. The van der Waals surface area contributed by atoms with E-state index < -0.39 is 6.10 Å². The number of halogens is 1. The highest BCUT2D eigenvalue weighted by Crippen LogP contribution is 2.16. The van der Waals surface area contributed by atoms with Crippen LogP contribution in [-0.4, -0.2) is 6.10 Å². The van der Waals surface area contributed by atoms with E-state index in [4.69, 9.17) is 10.00 Å². The molecule has 0 saturated heterocycles. The molecule has 0 radical (unpaired) electrons. The summed E-state index contributed by atoms with van der Waals surface area (Å²) < 4.78 is 18.5. The van der Waals surface area contributed by atoms with Gasteiger partial charge in [0.2, 0.25) is 0 Å². The number of nitriles is 1. The van der Waals surface area contributed by atoms with E-state index in [2.05, 4.69) is 6.07 Å². The molecule has 0 aliphatic rings. The van der Waals surface area contributed by atoms with Gasteiger partial charge in [-0.2, -0.15) is 5.26 Å². The zero-order valence-corrected chi connectivity index (χ0v) is 11.3. The number of ether oxygens (including phenoxy) is 1. The first-order chi connectivity index (χ1) is 9.67. The average molecular weight is 269 g/mol. The van der Waals surface area contributed by atoms with Gasteiger partial charge in [0.25, 0.3) is 0 Å². The lowest BCUT2D eigenvalue weighted by atomic mass is 10.1. The maximum atomic E-state index is 12.8. The molecule has 1 unspecified atom stereocenters. The summed E-state index contributed by atoms with van der Waals surface area (Å²) in [5.74, 6) is 0.456. The fraction of sp³-hybridized carbons (Fsp3) is 0.235. The van der Waals surface area contributed by atoms with Crippen LogP contribution >= 0.6 is 0 Å². The van der Waals surface area contributed by atoms with Gasteiger partial charge >= 0.3 is 0 Å². The second-order valence-electron chi connectivity index (χ2n) is 4.72. The standard InChI is InChI=1S/C17H16FNO/c1-13-3-2-4-16(11-13)20-17(12-19)10-7-14-5-8-15(18)9-6-14/h2-6,8-9,11,17H,7,10H2,1H3. The summed E-state index contributed by atoms with van der Waals surface area (Å²) in [4.78, 5) is 0. The summed E-state index contributed by atoms with van der Waals surface area (Å²) in [5.41, 5.74) is 2.09. The number of hydrogen-bond acceptors (Lipinski definition) is 2. The van der Waals surface area contributed by atoms with Crippen LogP contribution in [0.3, 0.4) is 0 Å². The van der Waals surface area contributed by atoms with Crippen molar-refractivity contribution in [3.05, 3.63) is 65.5 Å². The lowest BCUT2D eigenvalue weighted by Crippen LogP contribution is -2.15. The highest BCUT2D eigenvalue weighted by Gasteiger charge is 2.09. The van der Waals surface area contributed by atoms with E-state index in [0.29, 0.717) is 18.6 Å². The Morgan fingerprint density at radius 2 is 1.95 bits per heavy atom. The van der Waals surface area contributed by atoms with E-state index in [1.165, 1.54) is 12.1 Å². The van der Waals surface area contributed by atoms with Gasteiger partial charge < -0.3 is 4.74 Å². The topological polar surface area (TPSA) is 33.0 Å². The molecule has 2 aromatic rings. The summed E-state index contributed by atoms with van der Waals surface area (Å²) in [6.07, 6.45) is 0.766. The minimum absolute atomic E-state index is 0.249. The van der Waals surface area contributed by atoms with E-state index in [9.17, 15) is 4.39 Å². The van der Waals surface area contributed by atoms with E-state index >= 15 is 0 Å². The molecule has 102 valence electrons. The van der Waals surface area contributed by atoms with Crippen LogP contribution in [0.4, 0.5) is 4.39 Å². The van der Waals surface area contributed by atoms with Gasteiger partial charge in [0.1, 0.15) is 17.6 Å². The average Bonchev–Trinajstić information content (AvgIpc) is 2.45. The van der Waals surface area contributed by atoms with Crippen molar-refractivity contribution < 1.29 is 9.13 Å². The molecule has 0 heterocycles. The molecule has 3 heteroatoms. The summed E-state index contributed by atoms with van der Waals surface area (Å²) in [6.45, 7) is 1.98. The maximum absolute atomic E-state index is 12.8. The highest BCUT2D eigenvalue weighted by atomic mass is 19.1. The number of hydrogen-bond donors (Lipinski definition) is 0. The Kier molecular flexibility index (Phi) is 4.73. The maximum Gasteiger partial charge on any atom is 0.184 e. The highest BCUT2D eigenvalue weighted by molar-refractivity contribution is 5.28. The van der Waals surface area contributed by atoms with Crippen LogP contribution in [0.15, 0.2) is 48.5 Å². The lowest BCUT2D eigenvalue weighted by molar-refractivity contribution is 0.245. The number of nitrogens with zero attached hydrogens (tertiary/aromatic N) is 1. The molecule has 0 fully saturated rings. The molecule has 2 rings (SSSR count). The summed E-state index contributed by atoms with van der Waals surface area (Å²) in [7, 11) is 0. The van der Waals surface area contributed by atoms with Crippen LogP contribution in [0.1, 0.15) is 17.5 Å². The van der Waals surface area contributed by atoms with Gasteiger partial charge in [0.15, 0.2) is 6.10 Å². The van der Waals surface area contributed by atoms with Gasteiger partial charge in [-0.25, -0.2) is 4.39 Å². The minimum Gasteiger partial charge on any atom is -0.476 e. The normalized spacial score (nSPS) is 11.7. The van der Waals surface area contributed by atoms with E-state index in [1.54, 1.807) is 12.1 Å². The van der Waals surface area contributed by atoms with Gasteiger partial charge in [0.05, 0.1) is 0 Å². The predicted octanol–water partition coefficient (Wildman–Crippen LogP) is 4.04. The fourth-order valence-electron chi connectivity index (χ4n) is 1.95. The zero-order valence-electron chi connectivity index (χ0n) is 11.3. The third-order valence-corrected chi connectivity index (χ3v) is 3.02. The molecule has 2 nitrogen and oxygen atoms in total. The number of rotatable bonds is 5. The third-order valence-electron chi connectivity index (χ3n) is 3.02. The van der Waals surface area contributed by atoms with Crippen molar-refractivity contribution in [1.82, 2.24) is 0 Å². The Bertz CT molecular complexity index is 601. The Labute approximate surface area is 118 Å². The first kappa shape index (κ1) is 14.1. The second-order valence-corrected chi connectivity index (χ2v) is 4.72. The van der Waals surface area contributed by atoms with Crippen LogP contribution < -0.4 is 4.74 Å². The van der Waals surface area contributed by atoms with Crippen LogP contribution in [0.5, 0.6) is 5.75 Å².